The summed E-state index contributed by atoms with van der Waals surface area (Å²) in [6.45, 7) is 1.43. The lowest BCUT2D eigenvalue weighted by Gasteiger charge is -2.13. The average Bonchev–Trinajstić information content (AvgIpc) is 2.55. The van der Waals surface area contributed by atoms with E-state index in [-0.39, 0.29) is 6.42 Å². The van der Waals surface area contributed by atoms with E-state index in [1.54, 1.807) is 6.07 Å². The maximum Gasteiger partial charge on any atom is 0.311 e. The molecule has 0 bridgehead atoms. The molecule has 2 rings (SSSR count). The van der Waals surface area contributed by atoms with E-state index in [0.717, 1.165) is 0 Å². The lowest BCUT2D eigenvalue weighted by atomic mass is 10.1. The second kappa shape index (κ2) is 8.05. The molecule has 0 aliphatic heterocycles. The Morgan fingerprint density at radius 3 is 2.44 bits per heavy atom. The van der Waals surface area contributed by atoms with E-state index < -0.39 is 29.7 Å². The van der Waals surface area contributed by atoms with Crippen LogP contribution in [0.2, 0.25) is 0 Å². The van der Waals surface area contributed by atoms with Crippen molar-refractivity contribution in [3.63, 3.8) is 0 Å². The number of ether oxygens (including phenoxy) is 1. The molecular formula is C18H17FN2O4. The van der Waals surface area contributed by atoms with Crippen molar-refractivity contribution in [2.45, 2.75) is 19.4 Å². The Bertz CT molecular complexity index is 790. The summed E-state index contributed by atoms with van der Waals surface area (Å²) in [5.41, 5.74) is 6.34. The summed E-state index contributed by atoms with van der Waals surface area (Å²) in [5.74, 6) is -2.19. The Morgan fingerprint density at radius 1 is 1.16 bits per heavy atom. The van der Waals surface area contributed by atoms with Crippen molar-refractivity contribution in [1.29, 1.82) is 0 Å². The van der Waals surface area contributed by atoms with Gasteiger partial charge in [-0.2, -0.15) is 0 Å². The normalized spacial score (nSPS) is 11.4. The number of nitrogens with one attached hydrogen (secondary N) is 1. The van der Waals surface area contributed by atoms with E-state index in [2.05, 4.69) is 5.32 Å². The van der Waals surface area contributed by atoms with Crippen LogP contribution in [0.4, 0.5) is 10.1 Å². The molecule has 0 radical (unpaired) electrons. The van der Waals surface area contributed by atoms with E-state index in [0.29, 0.717) is 16.8 Å². The molecule has 0 heterocycles. The molecule has 0 fully saturated rings. The zero-order valence-corrected chi connectivity index (χ0v) is 13.5. The van der Waals surface area contributed by atoms with E-state index >= 15 is 0 Å². The Balaban J connectivity index is 1.88. The molecule has 0 aromatic heterocycles. The predicted molar refractivity (Wildman–Crippen MR) is 89.2 cm³/mol. The number of carbonyl (C=O) groups excluding carboxylic acids is 3. The zero-order valence-electron chi connectivity index (χ0n) is 13.5. The number of rotatable bonds is 6. The van der Waals surface area contributed by atoms with Gasteiger partial charge in [-0.3, -0.25) is 14.4 Å². The fourth-order valence-corrected chi connectivity index (χ4v) is 2.07. The van der Waals surface area contributed by atoms with Gasteiger partial charge in [0.05, 0.1) is 6.42 Å². The zero-order chi connectivity index (χ0) is 18.4. The lowest BCUT2D eigenvalue weighted by Crippen LogP contribution is -2.30. The topological polar surface area (TPSA) is 98.5 Å². The van der Waals surface area contributed by atoms with Gasteiger partial charge in [-0.15, -0.1) is 0 Å². The second-order valence-corrected chi connectivity index (χ2v) is 5.37. The molecular weight excluding hydrogens is 327 g/mol. The number of primary amides is 1. The largest absolute Gasteiger partial charge is 0.452 e. The number of hydrogen-bond acceptors (Lipinski definition) is 4. The minimum atomic E-state index is -1.03. The van der Waals surface area contributed by atoms with Gasteiger partial charge in [0.15, 0.2) is 6.10 Å². The Hall–Kier alpha value is -3.22. The van der Waals surface area contributed by atoms with Crippen LogP contribution in [0.15, 0.2) is 48.5 Å². The number of halogens is 1. The van der Waals surface area contributed by atoms with Crippen LogP contribution in [0.5, 0.6) is 0 Å². The molecule has 0 aliphatic rings. The SMILES string of the molecule is C[C@H](OC(=O)Cc1cccc(F)c1)C(=O)Nc1ccc(C(N)=O)cc1. The van der Waals surface area contributed by atoms with Crippen LogP contribution in [0, 0.1) is 5.82 Å². The van der Waals surface area contributed by atoms with Crippen molar-refractivity contribution < 1.29 is 23.5 Å². The molecule has 3 N–H and O–H groups in total. The summed E-state index contributed by atoms with van der Waals surface area (Å²) in [4.78, 5) is 34.9. The molecule has 2 aromatic carbocycles. The van der Waals surface area contributed by atoms with Gasteiger partial charge in [0.1, 0.15) is 5.82 Å². The van der Waals surface area contributed by atoms with Gasteiger partial charge in [0, 0.05) is 11.3 Å². The highest BCUT2D eigenvalue weighted by molar-refractivity contribution is 5.96. The van der Waals surface area contributed by atoms with Crippen molar-refractivity contribution in [3.05, 3.63) is 65.5 Å². The molecule has 1 atom stereocenters. The van der Waals surface area contributed by atoms with Gasteiger partial charge in [-0.1, -0.05) is 12.1 Å². The van der Waals surface area contributed by atoms with Gasteiger partial charge in [-0.05, 0) is 48.9 Å². The lowest BCUT2D eigenvalue weighted by molar-refractivity contribution is -0.152. The maximum atomic E-state index is 13.1. The Labute approximate surface area is 143 Å². The fourth-order valence-electron chi connectivity index (χ4n) is 2.07. The third kappa shape index (κ3) is 5.42. The summed E-state index contributed by atoms with van der Waals surface area (Å²) in [6.07, 6.45) is -1.17. The van der Waals surface area contributed by atoms with Crippen LogP contribution in [-0.4, -0.2) is 23.9 Å². The summed E-state index contributed by atoms with van der Waals surface area (Å²) >= 11 is 0. The first-order valence-electron chi connectivity index (χ1n) is 7.50. The number of amides is 2. The third-order valence-corrected chi connectivity index (χ3v) is 3.35. The van der Waals surface area contributed by atoms with Crippen LogP contribution in [-0.2, 0) is 20.7 Å². The Morgan fingerprint density at radius 2 is 1.84 bits per heavy atom. The molecule has 0 spiro atoms. The van der Waals surface area contributed by atoms with Crippen molar-refractivity contribution >= 4 is 23.5 Å². The quantitative estimate of drug-likeness (QED) is 0.784. The first kappa shape index (κ1) is 18.1. The highest BCUT2D eigenvalue weighted by Crippen LogP contribution is 2.11. The first-order chi connectivity index (χ1) is 11.8. The fraction of sp³-hybridized carbons (Fsp3) is 0.167. The summed E-state index contributed by atoms with van der Waals surface area (Å²) in [6, 6.07) is 11.6. The molecule has 2 aromatic rings. The maximum absolute atomic E-state index is 13.1. The summed E-state index contributed by atoms with van der Waals surface area (Å²) < 4.78 is 18.1. The van der Waals surface area contributed by atoms with Crippen molar-refractivity contribution in [1.82, 2.24) is 0 Å². The van der Waals surface area contributed by atoms with Crippen LogP contribution >= 0.6 is 0 Å². The van der Waals surface area contributed by atoms with E-state index in [1.807, 2.05) is 0 Å². The van der Waals surface area contributed by atoms with Crippen molar-refractivity contribution in [2.24, 2.45) is 5.73 Å². The van der Waals surface area contributed by atoms with Gasteiger partial charge < -0.3 is 15.8 Å². The van der Waals surface area contributed by atoms with E-state index in [4.69, 9.17) is 10.5 Å². The monoisotopic (exact) mass is 344 g/mol. The molecule has 6 nitrogen and oxygen atoms in total. The Kier molecular flexibility index (Phi) is 5.84. The minimum absolute atomic E-state index is 0.136. The number of benzene rings is 2. The van der Waals surface area contributed by atoms with Gasteiger partial charge >= 0.3 is 5.97 Å². The molecule has 7 heteroatoms. The average molecular weight is 344 g/mol. The molecule has 0 saturated carbocycles. The molecule has 25 heavy (non-hydrogen) atoms. The van der Waals surface area contributed by atoms with Crippen molar-refractivity contribution in [2.75, 3.05) is 5.32 Å². The number of carbonyl (C=O) groups is 3. The number of esters is 1. The predicted octanol–water partition coefficient (Wildman–Crippen LogP) is 2.04. The minimum Gasteiger partial charge on any atom is -0.452 e. The van der Waals surface area contributed by atoms with Gasteiger partial charge in [-0.25, -0.2) is 4.39 Å². The highest BCUT2D eigenvalue weighted by atomic mass is 19.1. The molecule has 0 aliphatic carbocycles. The van der Waals surface area contributed by atoms with Gasteiger partial charge in [0.2, 0.25) is 5.91 Å². The van der Waals surface area contributed by atoms with Crippen LogP contribution in [0.25, 0.3) is 0 Å². The third-order valence-electron chi connectivity index (χ3n) is 3.35. The number of hydrogen-bond donors (Lipinski definition) is 2. The number of nitrogens with two attached hydrogens (primary N) is 1. The van der Waals surface area contributed by atoms with Gasteiger partial charge in [0.25, 0.3) is 5.91 Å². The molecule has 0 saturated heterocycles. The van der Waals surface area contributed by atoms with E-state index in [9.17, 15) is 18.8 Å². The molecule has 2 amide bonds. The van der Waals surface area contributed by atoms with Crippen LogP contribution in [0.3, 0.4) is 0 Å². The smallest absolute Gasteiger partial charge is 0.311 e. The highest BCUT2D eigenvalue weighted by Gasteiger charge is 2.18. The molecule has 130 valence electrons. The second-order valence-electron chi connectivity index (χ2n) is 5.37. The standard InChI is InChI=1S/C18H17FN2O4/c1-11(25-16(22)10-12-3-2-4-14(19)9-12)18(24)21-15-7-5-13(6-8-15)17(20)23/h2-9,11H,10H2,1H3,(H2,20,23)(H,21,24)/t11-/m0/s1. The number of anilines is 1. The van der Waals surface area contributed by atoms with E-state index in [1.165, 1.54) is 49.4 Å². The summed E-state index contributed by atoms with van der Waals surface area (Å²) in [7, 11) is 0. The summed E-state index contributed by atoms with van der Waals surface area (Å²) in [5, 5.41) is 2.56. The van der Waals surface area contributed by atoms with Crippen LogP contribution in [0.1, 0.15) is 22.8 Å². The van der Waals surface area contributed by atoms with Crippen LogP contribution < -0.4 is 11.1 Å². The first-order valence-corrected chi connectivity index (χ1v) is 7.50. The van der Waals surface area contributed by atoms with Crippen molar-refractivity contribution in [3.8, 4) is 0 Å². The molecule has 0 unspecified atom stereocenters.